The largest absolute Gasteiger partial charge is 0.481 e. The van der Waals surface area contributed by atoms with Crippen molar-refractivity contribution in [3.8, 4) is 0 Å². The van der Waals surface area contributed by atoms with Gasteiger partial charge in [0.2, 0.25) is 0 Å². The standard InChI is InChI=1S/C14H14ClNO2/c1-2-3-12(14(17)18)10-6-7-16-13-8-9(15)4-5-11(10)13/h4-8,12H,2-3H2,1H3,(H,17,18). The molecule has 94 valence electrons. The molecule has 0 amide bonds. The normalized spacial score (nSPS) is 12.6. The maximum Gasteiger partial charge on any atom is 0.310 e. The summed E-state index contributed by atoms with van der Waals surface area (Å²) in [5.41, 5.74) is 1.55. The van der Waals surface area contributed by atoms with Crippen LogP contribution in [0.3, 0.4) is 0 Å². The van der Waals surface area contributed by atoms with Gasteiger partial charge in [-0.1, -0.05) is 31.0 Å². The molecule has 0 saturated carbocycles. The van der Waals surface area contributed by atoms with Crippen molar-refractivity contribution in [2.24, 2.45) is 0 Å². The lowest BCUT2D eigenvalue weighted by atomic mass is 9.92. The molecule has 0 spiro atoms. The fourth-order valence-electron chi connectivity index (χ4n) is 2.15. The Morgan fingerprint density at radius 1 is 1.44 bits per heavy atom. The monoisotopic (exact) mass is 263 g/mol. The van der Waals surface area contributed by atoms with E-state index in [4.69, 9.17) is 11.6 Å². The molecule has 0 fully saturated rings. The van der Waals surface area contributed by atoms with Crippen LogP contribution in [-0.2, 0) is 4.79 Å². The molecular formula is C14H14ClNO2. The van der Waals surface area contributed by atoms with E-state index in [1.165, 1.54) is 0 Å². The Morgan fingerprint density at radius 3 is 2.89 bits per heavy atom. The number of aliphatic carboxylic acids is 1. The number of carboxylic acids is 1. The van der Waals surface area contributed by atoms with Gasteiger partial charge in [-0.2, -0.15) is 0 Å². The number of hydrogen-bond acceptors (Lipinski definition) is 2. The average Bonchev–Trinajstić information content (AvgIpc) is 2.34. The van der Waals surface area contributed by atoms with E-state index in [9.17, 15) is 9.90 Å². The third kappa shape index (κ3) is 2.46. The lowest BCUT2D eigenvalue weighted by molar-refractivity contribution is -0.138. The Hall–Kier alpha value is -1.61. The highest BCUT2D eigenvalue weighted by Gasteiger charge is 2.21. The first-order valence-corrected chi connectivity index (χ1v) is 6.28. The first-order valence-electron chi connectivity index (χ1n) is 5.90. The number of fused-ring (bicyclic) bond motifs is 1. The molecule has 0 aliphatic heterocycles. The van der Waals surface area contributed by atoms with Gasteiger partial charge < -0.3 is 5.11 Å². The summed E-state index contributed by atoms with van der Waals surface area (Å²) in [6, 6.07) is 7.14. The molecule has 0 radical (unpaired) electrons. The number of carboxylic acid groups (broad SMARTS) is 1. The van der Waals surface area contributed by atoms with Crippen LogP contribution in [0.15, 0.2) is 30.5 Å². The lowest BCUT2D eigenvalue weighted by Crippen LogP contribution is -2.12. The van der Waals surface area contributed by atoms with Crippen molar-refractivity contribution in [1.82, 2.24) is 4.98 Å². The Kier molecular flexibility index (Phi) is 3.82. The Morgan fingerprint density at radius 2 is 2.22 bits per heavy atom. The zero-order valence-corrected chi connectivity index (χ0v) is 10.8. The zero-order valence-electron chi connectivity index (χ0n) is 10.1. The first kappa shape index (κ1) is 12.8. The molecule has 1 unspecified atom stereocenters. The van der Waals surface area contributed by atoms with Crippen LogP contribution in [0.2, 0.25) is 5.02 Å². The molecule has 0 aliphatic carbocycles. The van der Waals surface area contributed by atoms with E-state index in [0.717, 1.165) is 22.9 Å². The number of pyridine rings is 1. The smallest absolute Gasteiger partial charge is 0.310 e. The van der Waals surface area contributed by atoms with E-state index in [1.54, 1.807) is 24.4 Å². The molecule has 1 atom stereocenters. The van der Waals surface area contributed by atoms with Crippen molar-refractivity contribution in [2.45, 2.75) is 25.7 Å². The van der Waals surface area contributed by atoms with E-state index in [-0.39, 0.29) is 0 Å². The SMILES string of the molecule is CCCC(C(=O)O)c1ccnc2cc(Cl)ccc12. The van der Waals surface area contributed by atoms with Crippen molar-refractivity contribution in [1.29, 1.82) is 0 Å². The summed E-state index contributed by atoms with van der Waals surface area (Å²) in [7, 11) is 0. The van der Waals surface area contributed by atoms with Gasteiger partial charge in [0.15, 0.2) is 0 Å². The van der Waals surface area contributed by atoms with Gasteiger partial charge in [0.25, 0.3) is 0 Å². The van der Waals surface area contributed by atoms with E-state index in [0.29, 0.717) is 11.4 Å². The van der Waals surface area contributed by atoms with Crippen molar-refractivity contribution < 1.29 is 9.90 Å². The maximum atomic E-state index is 11.4. The fourth-order valence-corrected chi connectivity index (χ4v) is 2.31. The number of benzene rings is 1. The van der Waals surface area contributed by atoms with Crippen LogP contribution >= 0.6 is 11.6 Å². The minimum atomic E-state index is -0.792. The molecule has 0 bridgehead atoms. The van der Waals surface area contributed by atoms with E-state index in [1.807, 2.05) is 13.0 Å². The second-order valence-electron chi connectivity index (χ2n) is 4.24. The number of carbonyl (C=O) groups is 1. The summed E-state index contributed by atoms with van der Waals surface area (Å²) in [6.07, 6.45) is 3.09. The molecule has 1 aromatic carbocycles. The number of halogens is 1. The van der Waals surface area contributed by atoms with Gasteiger partial charge in [0, 0.05) is 16.6 Å². The minimum absolute atomic E-state index is 0.485. The van der Waals surface area contributed by atoms with Crippen LogP contribution in [0, 0.1) is 0 Å². The predicted molar refractivity (Wildman–Crippen MR) is 72.0 cm³/mol. The molecule has 0 saturated heterocycles. The number of aromatic nitrogens is 1. The predicted octanol–water partition coefficient (Wildman–Crippen LogP) is 3.86. The molecule has 1 N–H and O–H groups in total. The van der Waals surface area contributed by atoms with E-state index < -0.39 is 11.9 Å². The second kappa shape index (κ2) is 5.36. The van der Waals surface area contributed by atoms with Gasteiger partial charge in [0.1, 0.15) is 0 Å². The summed E-state index contributed by atoms with van der Waals surface area (Å²) in [5.74, 6) is -1.28. The second-order valence-corrected chi connectivity index (χ2v) is 4.68. The third-order valence-electron chi connectivity index (χ3n) is 2.99. The van der Waals surface area contributed by atoms with Crippen LogP contribution in [0.1, 0.15) is 31.2 Å². The highest BCUT2D eigenvalue weighted by molar-refractivity contribution is 6.31. The number of hydrogen-bond donors (Lipinski definition) is 1. The highest BCUT2D eigenvalue weighted by Crippen LogP contribution is 2.29. The summed E-state index contributed by atoms with van der Waals surface area (Å²) in [4.78, 5) is 15.6. The summed E-state index contributed by atoms with van der Waals surface area (Å²) in [6.45, 7) is 1.98. The first-order chi connectivity index (χ1) is 8.63. The Labute approximate surface area is 110 Å². The van der Waals surface area contributed by atoms with Crippen LogP contribution < -0.4 is 0 Å². The quantitative estimate of drug-likeness (QED) is 0.911. The lowest BCUT2D eigenvalue weighted by Gasteiger charge is -2.14. The molecular weight excluding hydrogens is 250 g/mol. The summed E-state index contributed by atoms with van der Waals surface area (Å²) < 4.78 is 0. The minimum Gasteiger partial charge on any atom is -0.481 e. The van der Waals surface area contributed by atoms with Crippen LogP contribution in [0.25, 0.3) is 10.9 Å². The van der Waals surface area contributed by atoms with Crippen LogP contribution in [0.5, 0.6) is 0 Å². The van der Waals surface area contributed by atoms with Crippen molar-refractivity contribution >= 4 is 28.5 Å². The van der Waals surface area contributed by atoms with Gasteiger partial charge in [-0.25, -0.2) is 0 Å². The average molecular weight is 264 g/mol. The molecule has 18 heavy (non-hydrogen) atoms. The van der Waals surface area contributed by atoms with Crippen molar-refractivity contribution in [2.75, 3.05) is 0 Å². The molecule has 0 aliphatic rings. The molecule has 2 aromatic rings. The Balaban J connectivity index is 2.59. The van der Waals surface area contributed by atoms with Gasteiger partial charge in [-0.05, 0) is 30.2 Å². The van der Waals surface area contributed by atoms with Gasteiger partial charge in [-0.15, -0.1) is 0 Å². The van der Waals surface area contributed by atoms with Crippen LogP contribution in [0.4, 0.5) is 0 Å². The molecule has 1 heterocycles. The van der Waals surface area contributed by atoms with E-state index >= 15 is 0 Å². The van der Waals surface area contributed by atoms with Crippen molar-refractivity contribution in [3.63, 3.8) is 0 Å². The zero-order chi connectivity index (χ0) is 13.1. The molecule has 4 heteroatoms. The highest BCUT2D eigenvalue weighted by atomic mass is 35.5. The van der Waals surface area contributed by atoms with Gasteiger partial charge >= 0.3 is 5.97 Å². The maximum absolute atomic E-state index is 11.4. The molecule has 2 rings (SSSR count). The summed E-state index contributed by atoms with van der Waals surface area (Å²) in [5, 5.41) is 10.8. The van der Waals surface area contributed by atoms with Crippen LogP contribution in [-0.4, -0.2) is 16.1 Å². The van der Waals surface area contributed by atoms with E-state index in [2.05, 4.69) is 4.98 Å². The molecule has 3 nitrogen and oxygen atoms in total. The fraction of sp³-hybridized carbons (Fsp3) is 0.286. The number of rotatable bonds is 4. The third-order valence-corrected chi connectivity index (χ3v) is 3.22. The Bertz CT molecular complexity index is 583. The van der Waals surface area contributed by atoms with Crippen molar-refractivity contribution in [3.05, 3.63) is 41.0 Å². The summed E-state index contributed by atoms with van der Waals surface area (Å²) >= 11 is 5.92. The van der Waals surface area contributed by atoms with Gasteiger partial charge in [0.05, 0.1) is 11.4 Å². The number of nitrogens with zero attached hydrogens (tertiary/aromatic N) is 1. The molecule has 1 aromatic heterocycles. The van der Waals surface area contributed by atoms with Gasteiger partial charge in [-0.3, -0.25) is 9.78 Å². The topological polar surface area (TPSA) is 50.2 Å².